The largest absolute Gasteiger partial charge is 0.374 e. The van der Waals surface area contributed by atoms with Gasteiger partial charge in [0.25, 0.3) is 0 Å². The first-order valence-corrected chi connectivity index (χ1v) is 14.7. The van der Waals surface area contributed by atoms with Gasteiger partial charge in [0.2, 0.25) is 5.91 Å². The van der Waals surface area contributed by atoms with Crippen molar-refractivity contribution in [3.05, 3.63) is 144 Å². The molecule has 1 heterocycles. The average Bonchev–Trinajstić information content (AvgIpc) is 3.05. The summed E-state index contributed by atoms with van der Waals surface area (Å²) in [4.78, 5) is 12.5. The summed E-state index contributed by atoms with van der Waals surface area (Å²) in [5, 5.41) is 3.05. The molecule has 0 aliphatic carbocycles. The van der Waals surface area contributed by atoms with Crippen molar-refractivity contribution in [2.75, 3.05) is 6.61 Å². The lowest BCUT2D eigenvalue weighted by Crippen LogP contribution is -2.66. The minimum atomic E-state index is -0.799. The van der Waals surface area contributed by atoms with Crippen molar-refractivity contribution in [2.24, 2.45) is 0 Å². The first kappa shape index (κ1) is 30.6. The monoisotopic (exact) mass is 581 g/mol. The van der Waals surface area contributed by atoms with Crippen LogP contribution in [0.5, 0.6) is 0 Å². The van der Waals surface area contributed by atoms with Gasteiger partial charge in [-0.3, -0.25) is 4.79 Å². The summed E-state index contributed by atoms with van der Waals surface area (Å²) in [5.41, 5.74) is 4.08. The molecule has 1 N–H and O–H groups in total. The van der Waals surface area contributed by atoms with Crippen LogP contribution < -0.4 is 5.32 Å². The van der Waals surface area contributed by atoms with E-state index in [1.165, 1.54) is 6.92 Å². The number of hydrogen-bond donors (Lipinski definition) is 1. The number of hydrogen-bond acceptors (Lipinski definition) is 6. The first-order valence-electron chi connectivity index (χ1n) is 14.7. The van der Waals surface area contributed by atoms with Gasteiger partial charge in [0.15, 0.2) is 6.29 Å². The second-order valence-electron chi connectivity index (χ2n) is 10.6. The molecule has 224 valence electrons. The van der Waals surface area contributed by atoms with Crippen molar-refractivity contribution >= 4 is 5.91 Å². The third-order valence-electron chi connectivity index (χ3n) is 7.24. The average molecular weight is 582 g/mol. The Morgan fingerprint density at radius 1 is 0.605 bits per heavy atom. The molecule has 0 spiro atoms. The maximum Gasteiger partial charge on any atom is 0.217 e. The van der Waals surface area contributed by atoms with Crippen molar-refractivity contribution in [1.29, 1.82) is 0 Å². The SMILES string of the molecule is CC(=O)N[C@@H]1[C@@H](OCc2ccccc2)O[C@H](COCc2ccccc2)[C@H](OCc2ccccc2)[C@@H]1OCc1ccccc1. The molecule has 0 bridgehead atoms. The quantitative estimate of drug-likeness (QED) is 0.202. The summed E-state index contributed by atoms with van der Waals surface area (Å²) in [7, 11) is 0. The number of amides is 1. The van der Waals surface area contributed by atoms with E-state index >= 15 is 0 Å². The van der Waals surface area contributed by atoms with Gasteiger partial charge in [-0.2, -0.15) is 0 Å². The van der Waals surface area contributed by atoms with Crippen LogP contribution in [-0.4, -0.2) is 43.2 Å². The molecule has 0 radical (unpaired) electrons. The molecular formula is C36H39NO6. The summed E-state index contributed by atoms with van der Waals surface area (Å²) in [5.74, 6) is -0.212. The molecule has 0 unspecified atom stereocenters. The van der Waals surface area contributed by atoms with Gasteiger partial charge < -0.3 is 29.0 Å². The van der Waals surface area contributed by atoms with Crippen LogP contribution in [0.3, 0.4) is 0 Å². The highest BCUT2D eigenvalue weighted by molar-refractivity contribution is 5.73. The van der Waals surface area contributed by atoms with Crippen molar-refractivity contribution in [3.63, 3.8) is 0 Å². The molecule has 4 aromatic carbocycles. The van der Waals surface area contributed by atoms with E-state index in [4.69, 9.17) is 23.7 Å². The van der Waals surface area contributed by atoms with E-state index in [1.807, 2.05) is 121 Å². The number of rotatable bonds is 14. The Morgan fingerprint density at radius 2 is 1.02 bits per heavy atom. The predicted molar refractivity (Wildman–Crippen MR) is 164 cm³/mol. The molecule has 0 aromatic heterocycles. The standard InChI is InChI=1S/C36H39NO6/c1-27(38)37-33-35(41-24-30-18-10-4-11-19-30)34(40-23-29-16-8-3-9-17-29)32(26-39-22-28-14-6-2-7-15-28)43-36(33)42-25-31-20-12-5-13-21-31/h2-21,32-36H,22-26H2,1H3,(H,37,38)/t32-,33+,34+,35-,36+/m1/s1. The third kappa shape index (κ3) is 9.32. The van der Waals surface area contributed by atoms with E-state index < -0.39 is 30.6 Å². The van der Waals surface area contributed by atoms with Crippen LogP contribution in [0.4, 0.5) is 0 Å². The molecular weight excluding hydrogens is 542 g/mol. The first-order chi connectivity index (χ1) is 21.2. The van der Waals surface area contributed by atoms with Crippen LogP contribution in [0.1, 0.15) is 29.2 Å². The predicted octanol–water partition coefficient (Wildman–Crippen LogP) is 5.82. The van der Waals surface area contributed by atoms with E-state index in [2.05, 4.69) is 5.32 Å². The fraction of sp³-hybridized carbons (Fsp3) is 0.306. The number of ether oxygens (including phenoxy) is 5. The van der Waals surface area contributed by atoms with Gasteiger partial charge in [0.05, 0.1) is 33.0 Å². The zero-order chi connectivity index (χ0) is 29.7. The number of carbonyl (C=O) groups excluding carboxylic acids is 1. The molecule has 1 fully saturated rings. The molecule has 5 atom stereocenters. The number of benzene rings is 4. The molecule has 43 heavy (non-hydrogen) atoms. The zero-order valence-electron chi connectivity index (χ0n) is 24.4. The van der Waals surface area contributed by atoms with Gasteiger partial charge in [-0.05, 0) is 22.3 Å². The normalized spacial score (nSPS) is 21.7. The van der Waals surface area contributed by atoms with Crippen LogP contribution in [0.2, 0.25) is 0 Å². The van der Waals surface area contributed by atoms with Crippen LogP contribution in [-0.2, 0) is 54.9 Å². The van der Waals surface area contributed by atoms with Gasteiger partial charge >= 0.3 is 0 Å². The van der Waals surface area contributed by atoms with Gasteiger partial charge in [-0.1, -0.05) is 121 Å². The highest BCUT2D eigenvalue weighted by Gasteiger charge is 2.48. The van der Waals surface area contributed by atoms with Crippen LogP contribution in [0.25, 0.3) is 0 Å². The Hall–Kier alpha value is -3.85. The maximum atomic E-state index is 12.5. The van der Waals surface area contributed by atoms with Crippen LogP contribution >= 0.6 is 0 Å². The maximum absolute atomic E-state index is 12.5. The Morgan fingerprint density at radius 3 is 1.49 bits per heavy atom. The van der Waals surface area contributed by atoms with Crippen LogP contribution in [0.15, 0.2) is 121 Å². The summed E-state index contributed by atoms with van der Waals surface area (Å²) in [6.45, 7) is 3.13. The topological polar surface area (TPSA) is 75.3 Å². The lowest BCUT2D eigenvalue weighted by atomic mass is 9.95. The Labute approximate surface area is 253 Å². The molecule has 1 saturated heterocycles. The summed E-state index contributed by atoms with van der Waals surface area (Å²) in [6, 6.07) is 39.1. The zero-order valence-corrected chi connectivity index (χ0v) is 24.4. The Kier molecular flexibility index (Phi) is 11.5. The van der Waals surface area contributed by atoms with E-state index in [0.29, 0.717) is 26.4 Å². The van der Waals surface area contributed by atoms with Crippen molar-refractivity contribution in [3.8, 4) is 0 Å². The number of nitrogens with one attached hydrogen (secondary N) is 1. The summed E-state index contributed by atoms with van der Waals surface area (Å²) >= 11 is 0. The minimum absolute atomic E-state index is 0.212. The fourth-order valence-corrected chi connectivity index (χ4v) is 5.12. The Balaban J connectivity index is 1.41. The van der Waals surface area contributed by atoms with Gasteiger partial charge in [-0.25, -0.2) is 0 Å². The van der Waals surface area contributed by atoms with E-state index in [1.54, 1.807) is 0 Å². The highest BCUT2D eigenvalue weighted by atomic mass is 16.7. The fourth-order valence-electron chi connectivity index (χ4n) is 5.12. The molecule has 7 nitrogen and oxygen atoms in total. The van der Waals surface area contributed by atoms with Gasteiger partial charge in [0, 0.05) is 6.92 Å². The van der Waals surface area contributed by atoms with Crippen LogP contribution in [0, 0.1) is 0 Å². The molecule has 1 aliphatic rings. The highest BCUT2D eigenvalue weighted by Crippen LogP contribution is 2.30. The molecule has 7 heteroatoms. The molecule has 4 aromatic rings. The molecule has 1 aliphatic heterocycles. The van der Waals surface area contributed by atoms with Gasteiger partial charge in [-0.15, -0.1) is 0 Å². The lowest BCUT2D eigenvalue weighted by molar-refractivity contribution is -0.293. The second-order valence-corrected chi connectivity index (χ2v) is 10.6. The Bertz CT molecular complexity index is 1360. The second kappa shape index (κ2) is 16.1. The van der Waals surface area contributed by atoms with Gasteiger partial charge in [0.1, 0.15) is 24.4 Å². The molecule has 0 saturated carbocycles. The summed E-state index contributed by atoms with van der Waals surface area (Å²) in [6.07, 6.45) is -2.48. The minimum Gasteiger partial charge on any atom is -0.374 e. The molecule has 1 amide bonds. The smallest absolute Gasteiger partial charge is 0.217 e. The van der Waals surface area contributed by atoms with E-state index in [9.17, 15) is 4.79 Å². The van der Waals surface area contributed by atoms with Crippen molar-refractivity contribution in [2.45, 2.75) is 64.0 Å². The molecule has 5 rings (SSSR count). The summed E-state index contributed by atoms with van der Waals surface area (Å²) < 4.78 is 32.3. The van der Waals surface area contributed by atoms with Crippen molar-refractivity contribution < 1.29 is 28.5 Å². The van der Waals surface area contributed by atoms with E-state index in [-0.39, 0.29) is 12.5 Å². The third-order valence-corrected chi connectivity index (χ3v) is 7.24. The van der Waals surface area contributed by atoms with Crippen molar-refractivity contribution in [1.82, 2.24) is 5.32 Å². The van der Waals surface area contributed by atoms with E-state index in [0.717, 1.165) is 22.3 Å². The number of carbonyl (C=O) groups is 1. The lowest BCUT2D eigenvalue weighted by Gasteiger charge is -2.46.